The minimum atomic E-state index is -0.760. The van der Waals surface area contributed by atoms with Gasteiger partial charge in [-0.1, -0.05) is 40.5 Å². The Morgan fingerprint density at radius 1 is 0.955 bits per heavy atom. The number of rotatable bonds is 5. The van der Waals surface area contributed by atoms with Crippen LogP contribution in [0.4, 0.5) is 8.78 Å². The molecule has 0 heterocycles. The zero-order valence-corrected chi connectivity index (χ0v) is 15.0. The van der Waals surface area contributed by atoms with Crippen LogP contribution in [0, 0.1) is 35.5 Å². The van der Waals surface area contributed by atoms with Crippen LogP contribution >= 0.6 is 0 Å². The van der Waals surface area contributed by atoms with Gasteiger partial charge in [-0.15, -0.1) is 0 Å². The van der Waals surface area contributed by atoms with Crippen molar-refractivity contribution in [3.63, 3.8) is 0 Å². The van der Waals surface area contributed by atoms with Crippen LogP contribution in [0.5, 0.6) is 0 Å². The van der Waals surface area contributed by atoms with E-state index in [0.29, 0.717) is 24.7 Å². The van der Waals surface area contributed by atoms with Gasteiger partial charge in [-0.3, -0.25) is 0 Å². The molecule has 2 heteroatoms. The summed E-state index contributed by atoms with van der Waals surface area (Å²) < 4.78 is 29.1. The van der Waals surface area contributed by atoms with Gasteiger partial charge in [0.05, 0.1) is 0 Å². The smallest absolute Gasteiger partial charge is 0.103 e. The minimum Gasteiger partial charge on any atom is -0.247 e. The van der Waals surface area contributed by atoms with Crippen molar-refractivity contribution in [1.82, 2.24) is 0 Å². The van der Waals surface area contributed by atoms with Gasteiger partial charge in [-0.25, -0.2) is 8.78 Å². The van der Waals surface area contributed by atoms with Crippen molar-refractivity contribution in [3.8, 4) is 0 Å². The van der Waals surface area contributed by atoms with E-state index < -0.39 is 12.3 Å². The Hall–Kier alpha value is -0.140. The van der Waals surface area contributed by atoms with Crippen molar-refractivity contribution >= 4 is 0 Å². The summed E-state index contributed by atoms with van der Waals surface area (Å²) in [5.41, 5.74) is 0. The predicted octanol–water partition coefficient (Wildman–Crippen LogP) is 6.59. The standard InChI is InChI=1S/C20H36F2/c1-13(2)11-19(21)15(4)17-9-10-18(20(22)12-17)16-7-5-14(3)6-8-16/h13-20H,5-12H2,1-4H3. The molecule has 5 unspecified atom stereocenters. The summed E-state index contributed by atoms with van der Waals surface area (Å²) in [6.07, 6.45) is 6.78. The molecule has 2 saturated carbocycles. The van der Waals surface area contributed by atoms with Gasteiger partial charge in [0.2, 0.25) is 0 Å². The minimum absolute atomic E-state index is 0.0213. The molecule has 5 atom stereocenters. The number of hydrogen-bond donors (Lipinski definition) is 0. The fourth-order valence-corrected chi connectivity index (χ4v) is 4.85. The molecule has 2 fully saturated rings. The lowest BCUT2D eigenvalue weighted by Crippen LogP contribution is -2.37. The first-order chi connectivity index (χ1) is 10.4. The largest absolute Gasteiger partial charge is 0.247 e. The summed E-state index contributed by atoms with van der Waals surface area (Å²) in [6, 6.07) is 0. The summed E-state index contributed by atoms with van der Waals surface area (Å²) in [7, 11) is 0. The molecule has 2 aliphatic carbocycles. The third kappa shape index (κ3) is 4.68. The summed E-state index contributed by atoms with van der Waals surface area (Å²) >= 11 is 0. The molecule has 0 aromatic heterocycles. The number of hydrogen-bond acceptors (Lipinski definition) is 0. The zero-order chi connectivity index (χ0) is 16.3. The molecule has 0 nitrogen and oxygen atoms in total. The molecule has 22 heavy (non-hydrogen) atoms. The van der Waals surface area contributed by atoms with Gasteiger partial charge in [0, 0.05) is 0 Å². The number of alkyl halides is 2. The van der Waals surface area contributed by atoms with E-state index in [0.717, 1.165) is 18.8 Å². The van der Waals surface area contributed by atoms with Gasteiger partial charge in [-0.2, -0.15) is 0 Å². The van der Waals surface area contributed by atoms with E-state index in [1.54, 1.807) is 0 Å². The quantitative estimate of drug-likeness (QED) is 0.537. The Labute approximate surface area is 136 Å². The topological polar surface area (TPSA) is 0 Å². The highest BCUT2D eigenvalue weighted by atomic mass is 19.1. The average Bonchev–Trinajstić information content (AvgIpc) is 2.47. The molecule has 0 spiro atoms. The molecule has 0 bridgehead atoms. The van der Waals surface area contributed by atoms with Crippen LogP contribution < -0.4 is 0 Å². The van der Waals surface area contributed by atoms with E-state index in [-0.39, 0.29) is 17.8 Å². The fourth-order valence-electron chi connectivity index (χ4n) is 4.85. The van der Waals surface area contributed by atoms with Crippen LogP contribution in [0.3, 0.4) is 0 Å². The monoisotopic (exact) mass is 314 g/mol. The Morgan fingerprint density at radius 2 is 1.59 bits per heavy atom. The maximum Gasteiger partial charge on any atom is 0.103 e. The van der Waals surface area contributed by atoms with Crippen LogP contribution in [0.15, 0.2) is 0 Å². The fraction of sp³-hybridized carbons (Fsp3) is 1.00. The molecular weight excluding hydrogens is 278 g/mol. The lowest BCUT2D eigenvalue weighted by molar-refractivity contribution is 0.0285. The van der Waals surface area contributed by atoms with Crippen LogP contribution in [0.2, 0.25) is 0 Å². The van der Waals surface area contributed by atoms with Crippen LogP contribution in [-0.4, -0.2) is 12.3 Å². The second kappa shape index (κ2) is 8.11. The first-order valence-electron chi connectivity index (χ1n) is 9.66. The molecule has 0 radical (unpaired) electrons. The Morgan fingerprint density at radius 3 is 2.14 bits per heavy atom. The molecule has 130 valence electrons. The summed E-state index contributed by atoms with van der Waals surface area (Å²) in [5.74, 6) is 2.35. The highest BCUT2D eigenvalue weighted by Gasteiger charge is 2.39. The lowest BCUT2D eigenvalue weighted by Gasteiger charge is -2.41. The van der Waals surface area contributed by atoms with Crippen LogP contribution in [0.1, 0.15) is 79.1 Å². The van der Waals surface area contributed by atoms with Gasteiger partial charge in [-0.05, 0) is 74.0 Å². The highest BCUT2D eigenvalue weighted by molar-refractivity contribution is 4.89. The van der Waals surface area contributed by atoms with E-state index in [1.807, 2.05) is 6.92 Å². The molecule has 0 aromatic rings. The van der Waals surface area contributed by atoms with Crippen molar-refractivity contribution in [2.75, 3.05) is 0 Å². The van der Waals surface area contributed by atoms with Crippen LogP contribution in [0.25, 0.3) is 0 Å². The molecule has 0 aromatic carbocycles. The third-order valence-electron chi connectivity index (χ3n) is 6.54. The van der Waals surface area contributed by atoms with Gasteiger partial charge in [0.25, 0.3) is 0 Å². The normalized spacial score (nSPS) is 39.7. The second-order valence-corrected chi connectivity index (χ2v) is 8.78. The van der Waals surface area contributed by atoms with Crippen molar-refractivity contribution in [1.29, 1.82) is 0 Å². The Kier molecular flexibility index (Phi) is 6.71. The van der Waals surface area contributed by atoms with E-state index in [2.05, 4.69) is 20.8 Å². The van der Waals surface area contributed by atoms with E-state index in [4.69, 9.17) is 0 Å². The van der Waals surface area contributed by atoms with Gasteiger partial charge in [0.1, 0.15) is 12.3 Å². The SMILES string of the molecule is CC(C)CC(F)C(C)C1CCC(C2CCC(C)CC2)C(F)C1. The molecule has 0 amide bonds. The third-order valence-corrected chi connectivity index (χ3v) is 6.54. The maximum absolute atomic E-state index is 14.7. The lowest BCUT2D eigenvalue weighted by atomic mass is 9.66. The first-order valence-corrected chi connectivity index (χ1v) is 9.66. The predicted molar refractivity (Wildman–Crippen MR) is 90.4 cm³/mol. The molecule has 0 aliphatic heterocycles. The van der Waals surface area contributed by atoms with Crippen LogP contribution in [-0.2, 0) is 0 Å². The van der Waals surface area contributed by atoms with Gasteiger partial charge in [0.15, 0.2) is 0 Å². The van der Waals surface area contributed by atoms with Gasteiger partial charge < -0.3 is 0 Å². The zero-order valence-electron chi connectivity index (χ0n) is 15.0. The number of halogens is 2. The molecule has 2 aliphatic rings. The summed E-state index contributed by atoms with van der Waals surface area (Å²) in [5, 5.41) is 0. The van der Waals surface area contributed by atoms with Gasteiger partial charge >= 0.3 is 0 Å². The second-order valence-electron chi connectivity index (χ2n) is 8.78. The molecular formula is C20H36F2. The van der Waals surface area contributed by atoms with E-state index >= 15 is 0 Å². The first kappa shape index (κ1) is 18.2. The van der Waals surface area contributed by atoms with Crippen molar-refractivity contribution in [3.05, 3.63) is 0 Å². The maximum atomic E-state index is 14.7. The Bertz CT molecular complexity index is 320. The summed E-state index contributed by atoms with van der Waals surface area (Å²) in [6.45, 7) is 8.46. The molecule has 2 rings (SSSR count). The van der Waals surface area contributed by atoms with E-state index in [9.17, 15) is 8.78 Å². The summed E-state index contributed by atoms with van der Waals surface area (Å²) in [4.78, 5) is 0. The van der Waals surface area contributed by atoms with Crippen molar-refractivity contribution in [2.45, 2.75) is 91.4 Å². The van der Waals surface area contributed by atoms with Crippen molar-refractivity contribution in [2.24, 2.45) is 35.5 Å². The molecule has 0 saturated heterocycles. The Balaban J connectivity index is 1.84. The molecule has 0 N–H and O–H groups in total. The van der Waals surface area contributed by atoms with E-state index in [1.165, 1.54) is 25.7 Å². The van der Waals surface area contributed by atoms with Crippen molar-refractivity contribution < 1.29 is 8.78 Å². The average molecular weight is 315 g/mol. The highest BCUT2D eigenvalue weighted by Crippen LogP contribution is 2.45.